The summed E-state index contributed by atoms with van der Waals surface area (Å²) in [5, 5.41) is 20.2. The van der Waals surface area contributed by atoms with Crippen LogP contribution in [0, 0.1) is 11.3 Å². The van der Waals surface area contributed by atoms with Crippen molar-refractivity contribution in [2.24, 2.45) is 0 Å². The van der Waals surface area contributed by atoms with E-state index in [1.165, 1.54) is 0 Å². The largest absolute Gasteiger partial charge is 0.387 e. The molecule has 2 aromatic carbocycles. The minimum atomic E-state index is -0.513. The van der Waals surface area contributed by atoms with Gasteiger partial charge in [0.15, 0.2) is 0 Å². The van der Waals surface area contributed by atoms with Crippen LogP contribution in [0.4, 0.5) is 0 Å². The number of aromatic amines is 1. The third-order valence-electron chi connectivity index (χ3n) is 4.93. The minimum Gasteiger partial charge on any atom is -0.387 e. The van der Waals surface area contributed by atoms with Gasteiger partial charge < -0.3 is 15.0 Å². The number of aliphatic hydroxyl groups is 1. The van der Waals surface area contributed by atoms with Gasteiger partial charge in [-0.05, 0) is 29.3 Å². The lowest BCUT2D eigenvalue weighted by molar-refractivity contribution is -0.135. The summed E-state index contributed by atoms with van der Waals surface area (Å²) in [5.74, 6) is -0.303. The standard InChI is InChI=1S/C20H15Cl2N3O2/c21-15-7-13(12-3-1-2-11(6-12)8-23)18-14-9-25(17(27)10-26)5-4-16(14)24-20(18)19(15)22/h1-3,6-7,24,26H,4-5,9-10H2. The zero-order valence-electron chi connectivity index (χ0n) is 14.2. The minimum absolute atomic E-state index is 0.303. The molecule has 7 heteroatoms. The van der Waals surface area contributed by atoms with Crippen molar-refractivity contribution in [3.63, 3.8) is 0 Å². The molecule has 1 aliphatic rings. The predicted octanol–water partition coefficient (Wildman–Crippen LogP) is 3.89. The number of nitrogens with one attached hydrogen (secondary N) is 1. The lowest BCUT2D eigenvalue weighted by Gasteiger charge is -2.27. The van der Waals surface area contributed by atoms with Gasteiger partial charge in [0.2, 0.25) is 5.91 Å². The molecular formula is C20H15Cl2N3O2. The van der Waals surface area contributed by atoms with E-state index >= 15 is 0 Å². The first-order valence-electron chi connectivity index (χ1n) is 8.44. The number of H-pyrrole nitrogens is 1. The number of aromatic nitrogens is 1. The summed E-state index contributed by atoms with van der Waals surface area (Å²) in [4.78, 5) is 17.0. The van der Waals surface area contributed by atoms with Gasteiger partial charge in [-0.1, -0.05) is 35.3 Å². The zero-order valence-corrected chi connectivity index (χ0v) is 15.7. The maximum absolute atomic E-state index is 12.0. The molecule has 1 amide bonds. The highest BCUT2D eigenvalue weighted by molar-refractivity contribution is 6.45. The third kappa shape index (κ3) is 2.96. The van der Waals surface area contributed by atoms with Gasteiger partial charge in [0.1, 0.15) is 6.61 Å². The molecule has 0 saturated heterocycles. The molecule has 5 nitrogen and oxygen atoms in total. The van der Waals surface area contributed by atoms with E-state index in [0.717, 1.165) is 33.3 Å². The number of hydrogen-bond acceptors (Lipinski definition) is 3. The second kappa shape index (κ2) is 6.90. The van der Waals surface area contributed by atoms with Crippen LogP contribution in [0.25, 0.3) is 22.0 Å². The highest BCUT2D eigenvalue weighted by Gasteiger charge is 2.26. The molecule has 3 aromatic rings. The summed E-state index contributed by atoms with van der Waals surface area (Å²) in [5.41, 5.74) is 4.96. The molecule has 0 aliphatic carbocycles. The summed E-state index contributed by atoms with van der Waals surface area (Å²) in [6, 6.07) is 11.2. The molecule has 0 fully saturated rings. The summed E-state index contributed by atoms with van der Waals surface area (Å²) < 4.78 is 0. The molecule has 4 rings (SSSR count). The Balaban J connectivity index is 1.97. The molecule has 27 heavy (non-hydrogen) atoms. The lowest BCUT2D eigenvalue weighted by Crippen LogP contribution is -2.37. The second-order valence-electron chi connectivity index (χ2n) is 6.47. The normalized spacial score (nSPS) is 13.5. The average Bonchev–Trinajstić information content (AvgIpc) is 3.09. The van der Waals surface area contributed by atoms with Gasteiger partial charge >= 0.3 is 0 Å². The van der Waals surface area contributed by atoms with Crippen LogP contribution in [0.5, 0.6) is 0 Å². The molecule has 2 heterocycles. The van der Waals surface area contributed by atoms with Crippen molar-refractivity contribution in [2.45, 2.75) is 13.0 Å². The molecule has 0 saturated carbocycles. The first-order valence-corrected chi connectivity index (χ1v) is 9.19. The Kier molecular flexibility index (Phi) is 4.56. The fourth-order valence-corrected chi connectivity index (χ4v) is 4.04. The van der Waals surface area contributed by atoms with Gasteiger partial charge in [-0.25, -0.2) is 0 Å². The van der Waals surface area contributed by atoms with Gasteiger partial charge in [-0.2, -0.15) is 5.26 Å². The zero-order chi connectivity index (χ0) is 19.1. The summed E-state index contributed by atoms with van der Waals surface area (Å²) in [6.07, 6.45) is 0.640. The topological polar surface area (TPSA) is 80.1 Å². The predicted molar refractivity (Wildman–Crippen MR) is 105 cm³/mol. The Bertz CT molecular complexity index is 1110. The number of aliphatic hydroxyl groups excluding tert-OH is 1. The van der Waals surface area contributed by atoms with Gasteiger partial charge in [0.25, 0.3) is 0 Å². The highest BCUT2D eigenvalue weighted by Crippen LogP contribution is 2.42. The molecular weight excluding hydrogens is 385 g/mol. The summed E-state index contributed by atoms with van der Waals surface area (Å²) in [6.45, 7) is 0.406. The molecule has 0 bridgehead atoms. The number of nitrogens with zero attached hydrogens (tertiary/aromatic N) is 2. The van der Waals surface area contributed by atoms with Crippen LogP contribution in [-0.4, -0.2) is 34.0 Å². The van der Waals surface area contributed by atoms with Crippen molar-refractivity contribution in [1.82, 2.24) is 9.88 Å². The summed E-state index contributed by atoms with van der Waals surface area (Å²) >= 11 is 12.8. The second-order valence-corrected chi connectivity index (χ2v) is 7.25. The highest BCUT2D eigenvalue weighted by atomic mass is 35.5. The summed E-state index contributed by atoms with van der Waals surface area (Å²) in [7, 11) is 0. The van der Waals surface area contributed by atoms with E-state index in [0.29, 0.717) is 35.1 Å². The van der Waals surface area contributed by atoms with E-state index < -0.39 is 6.61 Å². The van der Waals surface area contributed by atoms with Crippen LogP contribution in [0.2, 0.25) is 10.0 Å². The molecule has 136 valence electrons. The molecule has 0 radical (unpaired) electrons. The van der Waals surface area contributed by atoms with Crippen LogP contribution in [-0.2, 0) is 17.8 Å². The fourth-order valence-electron chi connectivity index (χ4n) is 3.64. The molecule has 0 unspecified atom stereocenters. The Morgan fingerprint density at radius 2 is 2.15 bits per heavy atom. The number of carbonyl (C=O) groups excluding carboxylic acids is 1. The van der Waals surface area contributed by atoms with E-state index in [4.69, 9.17) is 23.2 Å². The number of halogens is 2. The van der Waals surface area contributed by atoms with Crippen molar-refractivity contribution in [3.05, 3.63) is 57.2 Å². The van der Waals surface area contributed by atoms with E-state index in [9.17, 15) is 15.2 Å². The van der Waals surface area contributed by atoms with E-state index in [2.05, 4.69) is 11.1 Å². The maximum atomic E-state index is 12.0. The van der Waals surface area contributed by atoms with Crippen LogP contribution < -0.4 is 0 Å². The number of carbonyl (C=O) groups is 1. The number of nitriles is 1. The quantitative estimate of drug-likeness (QED) is 0.685. The maximum Gasteiger partial charge on any atom is 0.248 e. The van der Waals surface area contributed by atoms with Gasteiger partial charge in [-0.3, -0.25) is 4.79 Å². The molecule has 0 spiro atoms. The van der Waals surface area contributed by atoms with Gasteiger partial charge in [0, 0.05) is 36.2 Å². The van der Waals surface area contributed by atoms with Crippen molar-refractivity contribution < 1.29 is 9.90 Å². The smallest absolute Gasteiger partial charge is 0.248 e. The molecule has 1 aliphatic heterocycles. The Morgan fingerprint density at radius 1 is 1.33 bits per heavy atom. The van der Waals surface area contributed by atoms with Gasteiger partial charge in [-0.15, -0.1) is 0 Å². The van der Waals surface area contributed by atoms with Gasteiger partial charge in [0.05, 0.1) is 27.2 Å². The average molecular weight is 400 g/mol. The van der Waals surface area contributed by atoms with E-state index in [-0.39, 0.29) is 5.91 Å². The third-order valence-corrected chi connectivity index (χ3v) is 5.72. The molecule has 2 N–H and O–H groups in total. The van der Waals surface area contributed by atoms with Crippen molar-refractivity contribution in [3.8, 4) is 17.2 Å². The van der Waals surface area contributed by atoms with Crippen LogP contribution in [0.1, 0.15) is 16.8 Å². The Labute approximate surface area is 165 Å². The monoisotopic (exact) mass is 399 g/mol. The van der Waals surface area contributed by atoms with E-state index in [1.807, 2.05) is 12.1 Å². The number of benzene rings is 2. The van der Waals surface area contributed by atoms with Crippen LogP contribution in [0.15, 0.2) is 30.3 Å². The van der Waals surface area contributed by atoms with Crippen LogP contribution >= 0.6 is 23.2 Å². The van der Waals surface area contributed by atoms with Crippen LogP contribution in [0.3, 0.4) is 0 Å². The first kappa shape index (κ1) is 17.9. The number of rotatable bonds is 2. The lowest BCUT2D eigenvalue weighted by atomic mass is 9.95. The molecule has 1 aromatic heterocycles. The van der Waals surface area contributed by atoms with E-state index in [1.54, 1.807) is 23.1 Å². The van der Waals surface area contributed by atoms with Crippen molar-refractivity contribution in [1.29, 1.82) is 5.26 Å². The van der Waals surface area contributed by atoms with Crippen molar-refractivity contribution in [2.75, 3.05) is 13.2 Å². The Morgan fingerprint density at radius 3 is 2.89 bits per heavy atom. The van der Waals surface area contributed by atoms with Crippen molar-refractivity contribution >= 4 is 40.0 Å². The first-order chi connectivity index (χ1) is 13.0. The number of amides is 1. The Hall–Kier alpha value is -2.52. The number of fused-ring (bicyclic) bond motifs is 3. The number of hydrogen-bond donors (Lipinski definition) is 2. The SMILES string of the molecule is N#Cc1cccc(-c2cc(Cl)c(Cl)c3[nH]c4c(c23)CN(C(=O)CO)CC4)c1. The molecule has 0 atom stereocenters. The fraction of sp³-hybridized carbons (Fsp3) is 0.200.